The zero-order valence-electron chi connectivity index (χ0n) is 16.7. The normalized spacial score (nSPS) is 11.6. The molecule has 0 fully saturated rings. The summed E-state index contributed by atoms with van der Waals surface area (Å²) in [5.41, 5.74) is 7.80. The number of para-hydroxylation sites is 1. The van der Waals surface area contributed by atoms with E-state index in [4.69, 9.17) is 5.73 Å². The van der Waals surface area contributed by atoms with Crippen LogP contribution < -0.4 is 10.0 Å². The Morgan fingerprint density at radius 1 is 0.839 bits per heavy atom. The molecule has 0 bridgehead atoms. The van der Waals surface area contributed by atoms with E-state index in [9.17, 15) is 8.42 Å². The molecule has 0 saturated heterocycles. The maximum atomic E-state index is 13.2. The number of sulfonamides is 1. The van der Waals surface area contributed by atoms with Crippen LogP contribution in [0.3, 0.4) is 0 Å². The van der Waals surface area contributed by atoms with Crippen LogP contribution in [0.25, 0.3) is 5.69 Å². The highest BCUT2D eigenvalue weighted by Gasteiger charge is 2.29. The molecule has 156 valence electrons. The van der Waals surface area contributed by atoms with Crippen LogP contribution >= 0.6 is 0 Å². The Hall–Kier alpha value is -3.98. The molecule has 9 heteroatoms. The van der Waals surface area contributed by atoms with Crippen LogP contribution in [0.4, 0.5) is 23.0 Å². The number of nitrogens with zero attached hydrogens (tertiary/aromatic N) is 5. The Bertz CT molecular complexity index is 1300. The molecule has 1 aromatic heterocycles. The molecule has 0 radical (unpaired) electrons. The molecular weight excluding hydrogens is 412 g/mol. The van der Waals surface area contributed by atoms with Crippen molar-refractivity contribution < 1.29 is 8.42 Å². The van der Waals surface area contributed by atoms with E-state index in [2.05, 4.69) is 15.3 Å². The summed E-state index contributed by atoms with van der Waals surface area (Å²) >= 11 is 0. The zero-order chi connectivity index (χ0) is 21.8. The number of rotatable bonds is 6. The summed E-state index contributed by atoms with van der Waals surface area (Å²) in [5.74, 6) is 0.224. The number of hydrogen-bond acceptors (Lipinski definition) is 6. The minimum absolute atomic E-state index is 0.0900. The molecule has 4 rings (SSSR count). The lowest BCUT2D eigenvalue weighted by Crippen LogP contribution is -2.27. The smallest absolute Gasteiger partial charge is 0.264 e. The summed E-state index contributed by atoms with van der Waals surface area (Å²) in [7, 11) is -2.47. The summed E-state index contributed by atoms with van der Waals surface area (Å²) < 4.78 is 29.0. The van der Waals surface area contributed by atoms with Crippen molar-refractivity contribution in [3.05, 3.63) is 91.0 Å². The van der Waals surface area contributed by atoms with Gasteiger partial charge < -0.3 is 5.73 Å². The van der Waals surface area contributed by atoms with Gasteiger partial charge in [0.05, 0.1) is 16.3 Å². The average molecular weight is 433 g/mol. The van der Waals surface area contributed by atoms with E-state index in [0.717, 1.165) is 4.31 Å². The van der Waals surface area contributed by atoms with Crippen molar-refractivity contribution in [1.29, 1.82) is 0 Å². The van der Waals surface area contributed by atoms with E-state index in [1.54, 1.807) is 30.3 Å². The largest absolute Gasteiger partial charge is 0.382 e. The topological polar surface area (TPSA) is 106 Å². The van der Waals surface area contributed by atoms with E-state index < -0.39 is 10.0 Å². The fourth-order valence-corrected chi connectivity index (χ4v) is 4.25. The fourth-order valence-electron chi connectivity index (χ4n) is 3.02. The predicted octanol–water partition coefficient (Wildman–Crippen LogP) is 4.70. The van der Waals surface area contributed by atoms with Gasteiger partial charge in [-0.15, -0.1) is 15.3 Å². The third-order valence-electron chi connectivity index (χ3n) is 4.61. The van der Waals surface area contributed by atoms with Gasteiger partial charge in [-0.1, -0.05) is 54.6 Å². The van der Waals surface area contributed by atoms with Crippen molar-refractivity contribution in [2.75, 3.05) is 17.1 Å². The third-order valence-corrected chi connectivity index (χ3v) is 6.38. The summed E-state index contributed by atoms with van der Waals surface area (Å²) in [4.78, 5) is 0.135. The van der Waals surface area contributed by atoms with Gasteiger partial charge in [-0.3, -0.25) is 4.31 Å². The Balaban J connectivity index is 1.85. The van der Waals surface area contributed by atoms with Gasteiger partial charge in [-0.05, 0) is 36.4 Å². The predicted molar refractivity (Wildman–Crippen MR) is 121 cm³/mol. The van der Waals surface area contributed by atoms with Crippen molar-refractivity contribution in [1.82, 2.24) is 9.78 Å². The molecule has 0 atom stereocenters. The van der Waals surface area contributed by atoms with Crippen LogP contribution in [0.15, 0.2) is 106 Å². The molecule has 0 aliphatic heterocycles. The standard InChI is InChI=1S/C22H20N6O2S/c1-27(31(29,30)19-15-9-4-10-16-19)20-21(23)28(18-13-7-3-8-14-18)26-22(20)25-24-17-11-5-2-6-12-17/h2-16H,23H2,1H3. The van der Waals surface area contributed by atoms with Crippen LogP contribution in [0.5, 0.6) is 0 Å². The van der Waals surface area contributed by atoms with Gasteiger partial charge in [-0.25, -0.2) is 13.1 Å². The van der Waals surface area contributed by atoms with E-state index >= 15 is 0 Å². The SMILES string of the molecule is CN(c1c(N=Nc2ccccc2)nn(-c2ccccc2)c1N)S(=O)(=O)c1ccccc1. The Morgan fingerprint density at radius 2 is 1.39 bits per heavy atom. The van der Waals surface area contributed by atoms with Crippen molar-refractivity contribution >= 4 is 33.0 Å². The maximum absolute atomic E-state index is 13.2. The lowest BCUT2D eigenvalue weighted by Gasteiger charge is -2.19. The van der Waals surface area contributed by atoms with Gasteiger partial charge in [0.2, 0.25) is 5.82 Å². The quantitative estimate of drug-likeness (QED) is 0.446. The number of nitrogen functional groups attached to an aromatic ring is 1. The van der Waals surface area contributed by atoms with Crippen molar-refractivity contribution in [2.45, 2.75) is 4.90 Å². The first-order chi connectivity index (χ1) is 15.0. The number of aromatic nitrogens is 2. The van der Waals surface area contributed by atoms with Gasteiger partial charge >= 0.3 is 0 Å². The maximum Gasteiger partial charge on any atom is 0.264 e. The molecule has 0 spiro atoms. The van der Waals surface area contributed by atoms with E-state index in [1.165, 1.54) is 23.9 Å². The highest BCUT2D eigenvalue weighted by Crippen LogP contribution is 2.38. The van der Waals surface area contributed by atoms with Gasteiger partial charge in [0.15, 0.2) is 5.82 Å². The first-order valence-electron chi connectivity index (χ1n) is 9.43. The molecule has 0 saturated carbocycles. The molecule has 0 unspecified atom stereocenters. The average Bonchev–Trinajstić information content (AvgIpc) is 3.15. The van der Waals surface area contributed by atoms with Crippen LogP contribution in [0.2, 0.25) is 0 Å². The lowest BCUT2D eigenvalue weighted by molar-refractivity contribution is 0.594. The molecular formula is C22H20N6O2S. The van der Waals surface area contributed by atoms with E-state index in [0.29, 0.717) is 11.4 Å². The first-order valence-corrected chi connectivity index (χ1v) is 10.9. The van der Waals surface area contributed by atoms with E-state index in [1.807, 2.05) is 48.5 Å². The second-order valence-corrected chi connectivity index (χ2v) is 8.60. The number of benzene rings is 3. The summed E-state index contributed by atoms with van der Waals surface area (Å²) in [6.45, 7) is 0. The Kier molecular flexibility index (Phi) is 5.50. The van der Waals surface area contributed by atoms with Crippen LogP contribution in [0.1, 0.15) is 0 Å². The van der Waals surface area contributed by atoms with E-state index in [-0.39, 0.29) is 22.2 Å². The van der Waals surface area contributed by atoms with Crippen LogP contribution in [-0.2, 0) is 10.0 Å². The summed E-state index contributed by atoms with van der Waals surface area (Å²) in [6.07, 6.45) is 0. The molecule has 1 heterocycles. The van der Waals surface area contributed by atoms with Gasteiger partial charge in [0.1, 0.15) is 5.69 Å². The highest BCUT2D eigenvalue weighted by molar-refractivity contribution is 7.92. The molecule has 0 aliphatic carbocycles. The molecule has 8 nitrogen and oxygen atoms in total. The first kappa shape index (κ1) is 20.3. The van der Waals surface area contributed by atoms with Gasteiger partial charge in [-0.2, -0.15) is 0 Å². The Morgan fingerprint density at radius 3 is 2.00 bits per heavy atom. The number of nitrogens with two attached hydrogens (primary N) is 1. The minimum atomic E-state index is -3.89. The second kappa shape index (κ2) is 8.41. The highest BCUT2D eigenvalue weighted by atomic mass is 32.2. The zero-order valence-corrected chi connectivity index (χ0v) is 17.5. The number of anilines is 2. The lowest BCUT2D eigenvalue weighted by atomic mass is 10.3. The second-order valence-electron chi connectivity index (χ2n) is 6.63. The molecule has 4 aromatic rings. The molecule has 2 N–H and O–H groups in total. The monoisotopic (exact) mass is 432 g/mol. The molecule has 0 amide bonds. The number of hydrogen-bond donors (Lipinski definition) is 1. The van der Waals surface area contributed by atoms with Crippen LogP contribution in [0, 0.1) is 0 Å². The third kappa shape index (κ3) is 4.03. The molecule has 3 aromatic carbocycles. The summed E-state index contributed by atoms with van der Waals surface area (Å²) in [6, 6.07) is 26.4. The molecule has 31 heavy (non-hydrogen) atoms. The van der Waals surface area contributed by atoms with Crippen LogP contribution in [-0.4, -0.2) is 25.2 Å². The van der Waals surface area contributed by atoms with Crippen molar-refractivity contribution in [3.63, 3.8) is 0 Å². The Labute approximate surface area is 180 Å². The van der Waals surface area contributed by atoms with Crippen molar-refractivity contribution in [3.8, 4) is 5.69 Å². The van der Waals surface area contributed by atoms with Crippen molar-refractivity contribution in [2.24, 2.45) is 10.2 Å². The fraction of sp³-hybridized carbons (Fsp3) is 0.0455. The minimum Gasteiger partial charge on any atom is -0.382 e. The summed E-state index contributed by atoms with van der Waals surface area (Å²) in [5, 5.41) is 12.9. The van der Waals surface area contributed by atoms with Gasteiger partial charge in [0, 0.05) is 7.05 Å². The molecule has 0 aliphatic rings. The number of azo groups is 1. The van der Waals surface area contributed by atoms with Gasteiger partial charge in [0.25, 0.3) is 10.0 Å².